The van der Waals surface area contributed by atoms with Crippen LogP contribution in [0.15, 0.2) is 18.2 Å². The van der Waals surface area contributed by atoms with E-state index in [1.54, 1.807) is 0 Å². The van der Waals surface area contributed by atoms with Crippen LogP contribution in [0.2, 0.25) is 0 Å². The van der Waals surface area contributed by atoms with Crippen LogP contribution in [-0.2, 0) is 11.2 Å². The molecule has 0 amide bonds. The van der Waals surface area contributed by atoms with Gasteiger partial charge in [-0.1, -0.05) is 6.07 Å². The van der Waals surface area contributed by atoms with Crippen LogP contribution < -0.4 is 0 Å². The molecular formula is C13H11F2NO. The number of Topliss-reactive ketones (excluding diaryl/α,β-unsaturated/α-hetero) is 1. The fourth-order valence-electron chi connectivity index (χ4n) is 2.27. The Labute approximate surface area is 97.9 Å². The van der Waals surface area contributed by atoms with Crippen LogP contribution >= 0.6 is 0 Å². The van der Waals surface area contributed by atoms with Gasteiger partial charge in [-0.25, -0.2) is 8.78 Å². The highest BCUT2D eigenvalue weighted by atomic mass is 19.2. The largest absolute Gasteiger partial charge is 0.298 e. The summed E-state index contributed by atoms with van der Waals surface area (Å²) in [6.45, 7) is 0. The molecule has 0 spiro atoms. The van der Waals surface area contributed by atoms with E-state index < -0.39 is 17.0 Å². The molecule has 1 aliphatic carbocycles. The molecule has 1 atom stereocenters. The number of rotatable bonds is 2. The highest BCUT2D eigenvalue weighted by Gasteiger charge is 2.42. The monoisotopic (exact) mass is 235 g/mol. The summed E-state index contributed by atoms with van der Waals surface area (Å²) in [4.78, 5) is 11.7. The Kier molecular flexibility index (Phi) is 2.93. The van der Waals surface area contributed by atoms with Crippen LogP contribution in [0, 0.1) is 28.4 Å². The van der Waals surface area contributed by atoms with Gasteiger partial charge >= 0.3 is 0 Å². The Morgan fingerprint density at radius 2 is 2.12 bits per heavy atom. The van der Waals surface area contributed by atoms with Crippen LogP contribution in [0.25, 0.3) is 0 Å². The smallest absolute Gasteiger partial charge is 0.159 e. The van der Waals surface area contributed by atoms with Crippen molar-refractivity contribution >= 4 is 5.78 Å². The van der Waals surface area contributed by atoms with E-state index in [1.807, 2.05) is 6.07 Å². The van der Waals surface area contributed by atoms with Crippen molar-refractivity contribution in [3.8, 4) is 6.07 Å². The zero-order valence-electron chi connectivity index (χ0n) is 9.17. The van der Waals surface area contributed by atoms with Crippen molar-refractivity contribution in [1.29, 1.82) is 5.26 Å². The summed E-state index contributed by atoms with van der Waals surface area (Å²) in [5, 5.41) is 9.13. The Morgan fingerprint density at radius 3 is 2.65 bits per heavy atom. The van der Waals surface area contributed by atoms with Gasteiger partial charge in [-0.2, -0.15) is 5.26 Å². The molecular weight excluding hydrogens is 224 g/mol. The maximum Gasteiger partial charge on any atom is 0.159 e. The first-order valence-corrected chi connectivity index (χ1v) is 5.46. The second-order valence-electron chi connectivity index (χ2n) is 4.40. The van der Waals surface area contributed by atoms with Crippen molar-refractivity contribution in [2.75, 3.05) is 0 Å². The SMILES string of the molecule is N#CC1(Cc2ccc(F)c(F)c2)CCCC1=O. The van der Waals surface area contributed by atoms with Crippen molar-refractivity contribution in [2.45, 2.75) is 25.7 Å². The molecule has 1 fully saturated rings. The molecule has 0 radical (unpaired) electrons. The number of carbonyl (C=O) groups is 1. The second kappa shape index (κ2) is 4.25. The molecule has 0 bridgehead atoms. The minimum Gasteiger partial charge on any atom is -0.298 e. The lowest BCUT2D eigenvalue weighted by molar-refractivity contribution is -0.123. The number of nitriles is 1. The lowest BCUT2D eigenvalue weighted by Crippen LogP contribution is -2.26. The topological polar surface area (TPSA) is 40.9 Å². The van der Waals surface area contributed by atoms with E-state index in [0.717, 1.165) is 12.1 Å². The van der Waals surface area contributed by atoms with E-state index in [-0.39, 0.29) is 12.2 Å². The Balaban J connectivity index is 2.28. The number of carbonyl (C=O) groups excluding carboxylic acids is 1. The molecule has 17 heavy (non-hydrogen) atoms. The maximum atomic E-state index is 13.0. The third-order valence-electron chi connectivity index (χ3n) is 3.25. The lowest BCUT2D eigenvalue weighted by Gasteiger charge is -2.18. The second-order valence-corrected chi connectivity index (χ2v) is 4.40. The molecule has 1 aliphatic rings. The average Bonchev–Trinajstić information content (AvgIpc) is 2.66. The molecule has 0 saturated heterocycles. The first-order chi connectivity index (χ1) is 8.07. The normalized spacial score (nSPS) is 23.7. The first-order valence-electron chi connectivity index (χ1n) is 5.46. The number of hydrogen-bond acceptors (Lipinski definition) is 2. The van der Waals surface area contributed by atoms with E-state index >= 15 is 0 Å². The highest BCUT2D eigenvalue weighted by molar-refractivity contribution is 5.89. The molecule has 2 nitrogen and oxygen atoms in total. The van der Waals surface area contributed by atoms with E-state index in [9.17, 15) is 13.6 Å². The van der Waals surface area contributed by atoms with E-state index in [0.29, 0.717) is 24.8 Å². The average molecular weight is 235 g/mol. The fraction of sp³-hybridized carbons (Fsp3) is 0.385. The fourth-order valence-corrected chi connectivity index (χ4v) is 2.27. The van der Waals surface area contributed by atoms with Gasteiger partial charge < -0.3 is 0 Å². The Hall–Kier alpha value is -1.76. The van der Waals surface area contributed by atoms with Gasteiger partial charge in [0.25, 0.3) is 0 Å². The van der Waals surface area contributed by atoms with Crippen LogP contribution in [-0.4, -0.2) is 5.78 Å². The van der Waals surface area contributed by atoms with E-state index in [4.69, 9.17) is 5.26 Å². The van der Waals surface area contributed by atoms with Gasteiger partial charge in [0.15, 0.2) is 17.4 Å². The highest BCUT2D eigenvalue weighted by Crippen LogP contribution is 2.37. The van der Waals surface area contributed by atoms with Crippen LogP contribution in [0.4, 0.5) is 8.78 Å². The molecule has 1 unspecified atom stereocenters. The van der Waals surface area contributed by atoms with Gasteiger partial charge in [-0.05, 0) is 37.0 Å². The number of benzene rings is 1. The molecule has 0 heterocycles. The predicted molar refractivity (Wildman–Crippen MR) is 57.0 cm³/mol. The molecule has 1 aromatic rings. The molecule has 0 aromatic heterocycles. The van der Waals surface area contributed by atoms with Crippen LogP contribution in [0.5, 0.6) is 0 Å². The van der Waals surface area contributed by atoms with Gasteiger partial charge in [-0.3, -0.25) is 4.79 Å². The summed E-state index contributed by atoms with van der Waals surface area (Å²) in [6.07, 6.45) is 1.76. The van der Waals surface area contributed by atoms with Crippen molar-refractivity contribution in [3.05, 3.63) is 35.4 Å². The molecule has 4 heteroatoms. The van der Waals surface area contributed by atoms with Crippen LogP contribution in [0.1, 0.15) is 24.8 Å². The summed E-state index contributed by atoms with van der Waals surface area (Å²) >= 11 is 0. The number of ketones is 1. The zero-order valence-corrected chi connectivity index (χ0v) is 9.17. The minimum absolute atomic E-state index is 0.0928. The molecule has 1 saturated carbocycles. The third kappa shape index (κ3) is 2.05. The first kappa shape index (κ1) is 11.7. The van der Waals surface area contributed by atoms with Gasteiger partial charge in [-0.15, -0.1) is 0 Å². The summed E-state index contributed by atoms with van der Waals surface area (Å²) < 4.78 is 25.8. The molecule has 88 valence electrons. The summed E-state index contributed by atoms with van der Waals surface area (Å²) in [6, 6.07) is 5.54. The van der Waals surface area contributed by atoms with Gasteiger partial charge in [0.2, 0.25) is 0 Å². The minimum atomic E-state index is -1.04. The molecule has 2 rings (SSSR count). The van der Waals surface area contributed by atoms with Crippen molar-refractivity contribution in [2.24, 2.45) is 5.41 Å². The number of halogens is 2. The van der Waals surface area contributed by atoms with E-state index in [2.05, 4.69) is 0 Å². The quantitative estimate of drug-likeness (QED) is 0.790. The number of hydrogen-bond donors (Lipinski definition) is 0. The molecule has 0 N–H and O–H groups in total. The van der Waals surface area contributed by atoms with Crippen LogP contribution in [0.3, 0.4) is 0 Å². The predicted octanol–water partition coefficient (Wildman–Crippen LogP) is 2.77. The van der Waals surface area contributed by atoms with E-state index in [1.165, 1.54) is 6.07 Å². The maximum absolute atomic E-state index is 13.0. The standard InChI is InChI=1S/C13H11F2NO/c14-10-4-3-9(6-11(10)15)7-13(8-16)5-1-2-12(13)17/h3-4,6H,1-2,5,7H2. The molecule has 1 aromatic carbocycles. The van der Waals surface area contributed by atoms with Crippen molar-refractivity contribution in [3.63, 3.8) is 0 Å². The van der Waals surface area contributed by atoms with Gasteiger partial charge in [0.05, 0.1) is 6.07 Å². The third-order valence-corrected chi connectivity index (χ3v) is 3.25. The van der Waals surface area contributed by atoms with Gasteiger partial charge in [0.1, 0.15) is 5.41 Å². The van der Waals surface area contributed by atoms with Crippen molar-refractivity contribution < 1.29 is 13.6 Å². The summed E-state index contributed by atoms with van der Waals surface area (Å²) in [5.74, 6) is -1.96. The summed E-state index contributed by atoms with van der Waals surface area (Å²) in [7, 11) is 0. The number of nitrogens with zero attached hydrogens (tertiary/aromatic N) is 1. The lowest BCUT2D eigenvalue weighted by atomic mass is 9.81. The van der Waals surface area contributed by atoms with Crippen molar-refractivity contribution in [1.82, 2.24) is 0 Å². The summed E-state index contributed by atoms with van der Waals surface area (Å²) in [5.41, 5.74) is -0.551. The Bertz CT molecular complexity index is 507. The Morgan fingerprint density at radius 1 is 1.35 bits per heavy atom. The van der Waals surface area contributed by atoms with Gasteiger partial charge in [0, 0.05) is 6.42 Å². The molecule has 0 aliphatic heterocycles. The zero-order chi connectivity index (χ0) is 12.5.